The van der Waals surface area contributed by atoms with Gasteiger partial charge in [-0.25, -0.2) is 0 Å². The number of rotatable bonds is 1. The maximum atomic E-state index is 10.4. The second-order valence-corrected chi connectivity index (χ2v) is 5.65. The summed E-state index contributed by atoms with van der Waals surface area (Å²) in [7, 11) is 1.26. The molecule has 0 aromatic carbocycles. The van der Waals surface area contributed by atoms with E-state index in [1.54, 1.807) is 0 Å². The van der Waals surface area contributed by atoms with Crippen LogP contribution in [0.2, 0.25) is 0 Å². The summed E-state index contributed by atoms with van der Waals surface area (Å²) in [5, 5.41) is -0.316. The Labute approximate surface area is 67.0 Å². The van der Waals surface area contributed by atoms with E-state index in [1.165, 1.54) is 7.11 Å². The van der Waals surface area contributed by atoms with Gasteiger partial charge in [-0.3, -0.25) is 4.57 Å². The maximum Gasteiger partial charge on any atom is 0.367 e. The summed E-state index contributed by atoms with van der Waals surface area (Å²) in [6, 6.07) is 0. The molecule has 0 aromatic rings. The van der Waals surface area contributed by atoms with Gasteiger partial charge in [0.2, 0.25) is 0 Å². The van der Waals surface area contributed by atoms with Crippen LogP contribution in [0.5, 0.6) is 0 Å². The fourth-order valence-corrected chi connectivity index (χ4v) is 1.36. The van der Waals surface area contributed by atoms with E-state index in [-0.39, 0.29) is 5.36 Å². The summed E-state index contributed by atoms with van der Waals surface area (Å²) < 4.78 is 17.7. The van der Waals surface area contributed by atoms with Crippen molar-refractivity contribution in [1.29, 1.82) is 0 Å². The van der Waals surface area contributed by atoms with Gasteiger partial charge < -0.3 is 4.74 Å². The van der Waals surface area contributed by atoms with E-state index in [2.05, 4.69) is 9.50 Å². The van der Waals surface area contributed by atoms with Gasteiger partial charge in [-0.05, 0) is 34.1 Å². The van der Waals surface area contributed by atoms with Gasteiger partial charge in [0.05, 0.1) is 7.11 Å². The SMILES string of the molecule is CO/C(Cl)=N\P(=O)(Cl)Cl. The van der Waals surface area contributed by atoms with Crippen LogP contribution in [-0.2, 0) is 9.30 Å². The third-order valence-electron chi connectivity index (χ3n) is 0.363. The summed E-state index contributed by atoms with van der Waals surface area (Å²) in [6.07, 6.45) is 0. The maximum absolute atomic E-state index is 10.4. The first-order valence-corrected chi connectivity index (χ1v) is 5.59. The van der Waals surface area contributed by atoms with Crippen molar-refractivity contribution in [3.05, 3.63) is 0 Å². The zero-order valence-electron chi connectivity index (χ0n) is 4.34. The van der Waals surface area contributed by atoms with Crippen molar-refractivity contribution in [1.82, 2.24) is 0 Å². The van der Waals surface area contributed by atoms with Gasteiger partial charge >= 0.3 is 6.00 Å². The molecular formula is C2H3Cl3NO2P. The van der Waals surface area contributed by atoms with Crippen LogP contribution in [0, 0.1) is 0 Å². The van der Waals surface area contributed by atoms with Crippen LogP contribution in [0.3, 0.4) is 0 Å². The van der Waals surface area contributed by atoms with Crippen LogP contribution in [0.25, 0.3) is 0 Å². The Hall–Kier alpha value is 0.570. The second kappa shape index (κ2) is 3.67. The number of ether oxygens (including phenoxy) is 1. The van der Waals surface area contributed by atoms with Gasteiger partial charge in [0, 0.05) is 0 Å². The Morgan fingerprint density at radius 3 is 2.22 bits per heavy atom. The van der Waals surface area contributed by atoms with E-state index in [9.17, 15) is 4.57 Å². The van der Waals surface area contributed by atoms with Gasteiger partial charge in [0.15, 0.2) is 0 Å². The van der Waals surface area contributed by atoms with E-state index in [0.717, 1.165) is 0 Å². The highest BCUT2D eigenvalue weighted by Gasteiger charge is 2.11. The molecule has 0 atom stereocenters. The molecule has 0 spiro atoms. The third kappa shape index (κ3) is 6.46. The number of hydrogen-bond donors (Lipinski definition) is 0. The van der Waals surface area contributed by atoms with E-state index in [1.807, 2.05) is 0 Å². The molecule has 0 bridgehead atoms. The van der Waals surface area contributed by atoms with Gasteiger partial charge in [0.25, 0.3) is 5.36 Å². The lowest BCUT2D eigenvalue weighted by Gasteiger charge is -1.93. The molecule has 0 rings (SSSR count). The van der Waals surface area contributed by atoms with E-state index >= 15 is 0 Å². The van der Waals surface area contributed by atoms with Crippen molar-refractivity contribution < 1.29 is 9.30 Å². The molecule has 3 nitrogen and oxygen atoms in total. The quantitative estimate of drug-likeness (QED) is 0.379. The van der Waals surface area contributed by atoms with Gasteiger partial charge in [0.1, 0.15) is 0 Å². The molecule has 7 heteroatoms. The van der Waals surface area contributed by atoms with E-state index in [4.69, 9.17) is 34.1 Å². The van der Waals surface area contributed by atoms with Crippen LogP contribution in [0.1, 0.15) is 0 Å². The molecular weight excluding hydrogens is 207 g/mol. The molecule has 0 aliphatic rings. The standard InChI is InChI=1S/C2H3Cl3NO2P/c1-8-2(3)6-9(4,5)7/h1H3/b6-2-. The van der Waals surface area contributed by atoms with Crippen LogP contribution in [0.4, 0.5) is 0 Å². The molecule has 9 heavy (non-hydrogen) atoms. The Kier molecular flexibility index (Phi) is 3.90. The number of nitrogens with zero attached hydrogens (tertiary/aromatic N) is 1. The minimum absolute atomic E-state index is 0.316. The molecule has 0 N–H and O–H groups in total. The topological polar surface area (TPSA) is 38.7 Å². The van der Waals surface area contributed by atoms with Gasteiger partial charge in [-0.2, -0.15) is 4.76 Å². The van der Waals surface area contributed by atoms with Gasteiger partial charge in [-0.1, -0.05) is 0 Å². The monoisotopic (exact) mass is 209 g/mol. The summed E-state index contributed by atoms with van der Waals surface area (Å²) in [5.41, 5.74) is 0. The lowest BCUT2D eigenvalue weighted by Crippen LogP contribution is -1.86. The summed E-state index contributed by atoms with van der Waals surface area (Å²) in [5.74, 6) is -3.46. The summed E-state index contributed by atoms with van der Waals surface area (Å²) in [6.45, 7) is 0. The number of hydrogen-bond acceptors (Lipinski definition) is 2. The molecule has 0 aromatic heterocycles. The lowest BCUT2D eigenvalue weighted by atomic mass is 11.4. The molecule has 0 unspecified atom stereocenters. The number of halogens is 3. The minimum Gasteiger partial charge on any atom is -0.472 e. The average molecular weight is 210 g/mol. The van der Waals surface area contributed by atoms with Crippen LogP contribution >= 0.6 is 40.1 Å². The Bertz CT molecular complexity index is 163. The van der Waals surface area contributed by atoms with Crippen molar-refractivity contribution in [2.45, 2.75) is 0 Å². The molecule has 54 valence electrons. The molecule has 0 amide bonds. The highest BCUT2D eigenvalue weighted by Crippen LogP contribution is 2.58. The normalized spacial score (nSPS) is 13.6. The van der Waals surface area contributed by atoms with Crippen LogP contribution < -0.4 is 0 Å². The predicted molar refractivity (Wildman–Crippen MR) is 39.6 cm³/mol. The Morgan fingerprint density at radius 2 is 2.11 bits per heavy atom. The second-order valence-electron chi connectivity index (χ2n) is 0.992. The summed E-state index contributed by atoms with van der Waals surface area (Å²) >= 11 is 15.1. The largest absolute Gasteiger partial charge is 0.472 e. The fraction of sp³-hybridized carbons (Fsp3) is 0.500. The minimum atomic E-state index is -3.46. The van der Waals surface area contributed by atoms with Crippen LogP contribution in [-0.4, -0.2) is 12.5 Å². The van der Waals surface area contributed by atoms with Crippen molar-refractivity contribution in [3.63, 3.8) is 0 Å². The molecule has 0 aliphatic heterocycles. The Morgan fingerprint density at radius 1 is 1.67 bits per heavy atom. The van der Waals surface area contributed by atoms with Crippen molar-refractivity contribution in [3.8, 4) is 0 Å². The molecule has 0 fully saturated rings. The zero-order chi connectivity index (χ0) is 7.49. The fourth-order valence-electron chi connectivity index (χ4n) is 0.132. The highest BCUT2D eigenvalue weighted by molar-refractivity contribution is 8.07. The van der Waals surface area contributed by atoms with Crippen LogP contribution in [0.15, 0.2) is 4.76 Å². The first-order chi connectivity index (χ1) is 3.95. The van der Waals surface area contributed by atoms with Crippen molar-refractivity contribution in [2.24, 2.45) is 4.76 Å². The van der Waals surface area contributed by atoms with E-state index < -0.39 is 6.00 Å². The zero-order valence-corrected chi connectivity index (χ0v) is 7.51. The average Bonchev–Trinajstić information content (AvgIpc) is 1.62. The summed E-state index contributed by atoms with van der Waals surface area (Å²) in [4.78, 5) is 0. The lowest BCUT2D eigenvalue weighted by molar-refractivity contribution is 0.415. The van der Waals surface area contributed by atoms with Crippen molar-refractivity contribution in [2.75, 3.05) is 7.11 Å². The van der Waals surface area contributed by atoms with Gasteiger partial charge in [-0.15, -0.1) is 0 Å². The van der Waals surface area contributed by atoms with E-state index in [0.29, 0.717) is 0 Å². The van der Waals surface area contributed by atoms with Crippen molar-refractivity contribution >= 4 is 45.4 Å². The molecule has 0 heterocycles. The smallest absolute Gasteiger partial charge is 0.367 e. The Balaban J connectivity index is 4.13. The molecule has 0 saturated heterocycles. The first-order valence-electron chi connectivity index (χ1n) is 1.75. The molecule has 0 saturated carbocycles. The molecule has 0 radical (unpaired) electrons. The highest BCUT2D eigenvalue weighted by atomic mass is 35.9. The number of methoxy groups -OCH3 is 1. The molecule has 0 aliphatic carbocycles. The first kappa shape index (κ1) is 9.57. The third-order valence-corrected chi connectivity index (χ3v) is 1.59. The predicted octanol–water partition coefficient (Wildman–Crippen LogP) is 2.81.